The number of aromatic nitrogens is 2. The molecule has 3 heterocycles. The summed E-state index contributed by atoms with van der Waals surface area (Å²) in [5.74, 6) is -0.392. The van der Waals surface area contributed by atoms with Crippen molar-refractivity contribution in [2.45, 2.75) is 72.0 Å². The van der Waals surface area contributed by atoms with E-state index in [1.807, 2.05) is 88.4 Å². The van der Waals surface area contributed by atoms with Gasteiger partial charge in [-0.05, 0) is 73.2 Å². The van der Waals surface area contributed by atoms with Crippen LogP contribution in [0.15, 0.2) is 72.8 Å². The number of aliphatic hydroxyl groups excluding tert-OH is 1. The van der Waals surface area contributed by atoms with E-state index in [9.17, 15) is 19.5 Å². The normalized spacial score (nSPS) is 15.9. The Kier molecular flexibility index (Phi) is 12.0. The first-order chi connectivity index (χ1) is 25.2. The highest BCUT2D eigenvalue weighted by Crippen LogP contribution is 2.31. The third kappa shape index (κ3) is 8.03. The van der Waals surface area contributed by atoms with Crippen molar-refractivity contribution in [3.05, 3.63) is 111 Å². The lowest BCUT2D eigenvalue weighted by atomic mass is 9.93. The van der Waals surface area contributed by atoms with Crippen LogP contribution in [0.2, 0.25) is 5.02 Å². The van der Waals surface area contributed by atoms with E-state index < -0.39 is 6.04 Å². The number of piperazine rings is 1. The number of amides is 3. The summed E-state index contributed by atoms with van der Waals surface area (Å²) in [7, 11) is 0. The third-order valence-electron chi connectivity index (χ3n) is 10.2. The van der Waals surface area contributed by atoms with Crippen molar-refractivity contribution >= 4 is 35.0 Å². The zero-order valence-corrected chi connectivity index (χ0v) is 31.2. The molecule has 11 heteroatoms. The molecular weight excluding hydrogens is 676 g/mol. The molecule has 1 aromatic heterocycles. The van der Waals surface area contributed by atoms with Crippen LogP contribution >= 0.6 is 11.6 Å². The Bertz CT molecular complexity index is 1900. The maximum absolute atomic E-state index is 14.7. The largest absolute Gasteiger partial charge is 0.394 e. The van der Waals surface area contributed by atoms with Gasteiger partial charge in [0.15, 0.2) is 5.69 Å². The Hall–Kier alpha value is -4.67. The number of carbonyl (C=O) groups is 3. The predicted molar refractivity (Wildman–Crippen MR) is 204 cm³/mol. The van der Waals surface area contributed by atoms with Gasteiger partial charge in [-0.3, -0.25) is 14.4 Å². The summed E-state index contributed by atoms with van der Waals surface area (Å²) < 4.78 is 1.68. The molecule has 3 amide bonds. The zero-order chi connectivity index (χ0) is 36.8. The molecule has 2 aliphatic rings. The van der Waals surface area contributed by atoms with Gasteiger partial charge in [0.05, 0.1) is 30.4 Å². The second kappa shape index (κ2) is 16.8. The summed E-state index contributed by atoms with van der Waals surface area (Å²) >= 11 is 6.40. The third-order valence-corrected chi connectivity index (χ3v) is 10.6. The Labute approximate surface area is 311 Å². The van der Waals surface area contributed by atoms with Crippen molar-refractivity contribution in [3.8, 4) is 5.69 Å². The van der Waals surface area contributed by atoms with Crippen LogP contribution in [0, 0.1) is 6.92 Å². The number of aryl methyl sites for hydroxylation is 1. The number of anilines is 1. The fourth-order valence-corrected chi connectivity index (χ4v) is 7.34. The lowest BCUT2D eigenvalue weighted by molar-refractivity contribution is -0.131. The molecule has 4 aromatic rings. The van der Waals surface area contributed by atoms with Crippen molar-refractivity contribution in [1.29, 1.82) is 0 Å². The minimum Gasteiger partial charge on any atom is -0.394 e. The van der Waals surface area contributed by atoms with E-state index in [-0.39, 0.29) is 30.9 Å². The minimum atomic E-state index is -0.407. The second-order valence-electron chi connectivity index (χ2n) is 13.9. The number of halogens is 1. The van der Waals surface area contributed by atoms with Crippen molar-refractivity contribution in [3.63, 3.8) is 0 Å². The maximum Gasteiger partial charge on any atom is 0.274 e. The minimum absolute atomic E-state index is 0.0297. The van der Waals surface area contributed by atoms with E-state index in [1.165, 1.54) is 0 Å². The number of fused-ring (bicyclic) bond motifs is 1. The first-order valence-corrected chi connectivity index (χ1v) is 18.8. The average Bonchev–Trinajstić information content (AvgIpc) is 3.56. The van der Waals surface area contributed by atoms with E-state index in [4.69, 9.17) is 16.7 Å². The van der Waals surface area contributed by atoms with Gasteiger partial charge in [0.25, 0.3) is 11.8 Å². The lowest BCUT2D eigenvalue weighted by Gasteiger charge is -2.37. The molecular formula is C41H49ClN6O4. The lowest BCUT2D eigenvalue weighted by Crippen LogP contribution is -2.50. The summed E-state index contributed by atoms with van der Waals surface area (Å²) in [5, 5.41) is 15.9. The zero-order valence-electron chi connectivity index (χ0n) is 30.4. The summed E-state index contributed by atoms with van der Waals surface area (Å²) in [4.78, 5) is 49.4. The molecule has 0 radical (unpaired) electrons. The molecule has 10 nitrogen and oxygen atoms in total. The highest BCUT2D eigenvalue weighted by Gasteiger charge is 2.33. The number of rotatable bonds is 13. The van der Waals surface area contributed by atoms with Crippen molar-refractivity contribution < 1.29 is 19.5 Å². The summed E-state index contributed by atoms with van der Waals surface area (Å²) in [6, 6.07) is 22.5. The van der Waals surface area contributed by atoms with Crippen LogP contribution in [-0.2, 0) is 24.3 Å². The monoisotopic (exact) mass is 724 g/mol. The van der Waals surface area contributed by atoms with Gasteiger partial charge in [0.2, 0.25) is 5.91 Å². The van der Waals surface area contributed by atoms with Crippen LogP contribution in [0.25, 0.3) is 5.69 Å². The number of aliphatic hydroxyl groups is 1. The molecule has 1 atom stereocenters. The fourth-order valence-electron chi connectivity index (χ4n) is 7.15. The van der Waals surface area contributed by atoms with Gasteiger partial charge < -0.3 is 24.7 Å². The molecule has 0 saturated carbocycles. The van der Waals surface area contributed by atoms with Crippen LogP contribution in [0.5, 0.6) is 0 Å². The highest BCUT2D eigenvalue weighted by molar-refractivity contribution is 6.31. The van der Waals surface area contributed by atoms with Crippen LogP contribution in [0.3, 0.4) is 0 Å². The predicted octanol–water partition coefficient (Wildman–Crippen LogP) is 6.28. The molecule has 0 aliphatic carbocycles. The topological polar surface area (TPSA) is 102 Å². The molecule has 1 saturated heterocycles. The average molecular weight is 725 g/mol. The van der Waals surface area contributed by atoms with Crippen LogP contribution in [0.4, 0.5) is 5.69 Å². The molecule has 0 spiro atoms. The second-order valence-corrected chi connectivity index (χ2v) is 14.3. The molecule has 6 rings (SSSR count). The number of benzene rings is 3. The number of hydrogen-bond donors (Lipinski definition) is 1. The number of hydrogen-bond acceptors (Lipinski definition) is 6. The number of nitrogens with zero attached hydrogens (tertiary/aromatic N) is 6. The van der Waals surface area contributed by atoms with Gasteiger partial charge in [-0.2, -0.15) is 5.10 Å². The van der Waals surface area contributed by atoms with Gasteiger partial charge in [-0.1, -0.05) is 80.8 Å². The van der Waals surface area contributed by atoms with Crippen LogP contribution in [0.1, 0.15) is 82.8 Å². The molecule has 274 valence electrons. The van der Waals surface area contributed by atoms with Gasteiger partial charge >= 0.3 is 0 Å². The Morgan fingerprint density at radius 3 is 2.33 bits per heavy atom. The van der Waals surface area contributed by atoms with E-state index in [1.54, 1.807) is 15.6 Å². The van der Waals surface area contributed by atoms with Gasteiger partial charge in [-0.25, -0.2) is 4.68 Å². The SMILES string of the molecule is CCCCN(CCCC)C(=O)c1cc(C)n(-c2ccc(N3CCN(Cc4ccccc4Cl)C(=O)C3)cc2C(=O)N2Cc3ccccc3C[C@H]2CO)n1. The van der Waals surface area contributed by atoms with Crippen molar-refractivity contribution in [2.24, 2.45) is 0 Å². The van der Waals surface area contributed by atoms with E-state index in [0.29, 0.717) is 67.7 Å². The van der Waals surface area contributed by atoms with Crippen molar-refractivity contribution in [2.75, 3.05) is 44.2 Å². The summed E-state index contributed by atoms with van der Waals surface area (Å²) in [6.45, 7) is 9.29. The fraction of sp³-hybridized carbons (Fsp3) is 0.415. The molecule has 52 heavy (non-hydrogen) atoms. The van der Waals surface area contributed by atoms with E-state index in [2.05, 4.69) is 13.8 Å². The number of carbonyl (C=O) groups excluding carboxylic acids is 3. The summed E-state index contributed by atoms with van der Waals surface area (Å²) in [5.41, 5.74) is 5.79. The maximum atomic E-state index is 14.7. The van der Waals surface area contributed by atoms with Crippen LogP contribution < -0.4 is 4.90 Å². The van der Waals surface area contributed by atoms with Crippen LogP contribution in [-0.4, -0.2) is 92.7 Å². The molecule has 0 unspecified atom stereocenters. The standard InChI is InChI=1S/C41H49ClN6O4/c1-4-6-18-44(19-7-5-2)41(52)37-22-29(3)48(43-37)38-17-16-33(45-20-21-46(39(50)27-45)25-32-14-10-11-15-36(32)42)24-35(38)40(51)47-26-31-13-9-8-12-30(31)23-34(47)28-49/h8-17,22,24,34,49H,4-7,18-21,23,25-28H2,1-3H3/t34-/m0/s1. The Balaban J connectivity index is 1.34. The first-order valence-electron chi connectivity index (χ1n) is 18.5. The van der Waals surface area contributed by atoms with Gasteiger partial charge in [0, 0.05) is 55.7 Å². The first kappa shape index (κ1) is 37.1. The Morgan fingerprint density at radius 1 is 0.923 bits per heavy atom. The molecule has 1 N–H and O–H groups in total. The van der Waals surface area contributed by atoms with Crippen molar-refractivity contribution in [1.82, 2.24) is 24.5 Å². The van der Waals surface area contributed by atoms with Gasteiger partial charge in [-0.15, -0.1) is 0 Å². The van der Waals surface area contributed by atoms with E-state index >= 15 is 0 Å². The molecule has 3 aromatic carbocycles. The number of unbranched alkanes of at least 4 members (excludes halogenated alkanes) is 2. The quantitative estimate of drug-likeness (QED) is 0.174. The van der Waals surface area contributed by atoms with Gasteiger partial charge in [0.1, 0.15) is 0 Å². The Morgan fingerprint density at radius 2 is 1.63 bits per heavy atom. The highest BCUT2D eigenvalue weighted by atomic mass is 35.5. The molecule has 2 aliphatic heterocycles. The molecule has 0 bridgehead atoms. The van der Waals surface area contributed by atoms with E-state index in [0.717, 1.165) is 53.8 Å². The summed E-state index contributed by atoms with van der Waals surface area (Å²) in [6.07, 6.45) is 4.34. The smallest absolute Gasteiger partial charge is 0.274 e. The molecule has 1 fully saturated rings.